The predicted molar refractivity (Wildman–Crippen MR) is 39.2 cm³/mol. The standard InChI is InChI=1S/C6H15N3O/c1-6(7,8)9-2-4-10-5-3-9/h2-5,7-8H2,1H3. The summed E-state index contributed by atoms with van der Waals surface area (Å²) in [6.45, 7) is 4.96. The second-order valence-electron chi connectivity index (χ2n) is 2.83. The van der Waals surface area contributed by atoms with Gasteiger partial charge in [-0.05, 0) is 6.92 Å². The summed E-state index contributed by atoms with van der Waals surface area (Å²) >= 11 is 0. The molecule has 0 saturated carbocycles. The van der Waals surface area contributed by atoms with Crippen molar-refractivity contribution in [2.45, 2.75) is 12.7 Å². The molecular formula is C6H15N3O. The molecule has 0 bridgehead atoms. The van der Waals surface area contributed by atoms with Crippen LogP contribution in [0, 0.1) is 0 Å². The number of rotatable bonds is 1. The molecule has 10 heavy (non-hydrogen) atoms. The summed E-state index contributed by atoms with van der Waals surface area (Å²) in [4.78, 5) is 2.01. The molecule has 0 aromatic heterocycles. The highest BCUT2D eigenvalue weighted by Crippen LogP contribution is 2.03. The normalized spacial score (nSPS) is 23.1. The molecule has 0 atom stereocenters. The third-order valence-corrected chi connectivity index (χ3v) is 1.69. The lowest BCUT2D eigenvalue weighted by Crippen LogP contribution is -2.63. The van der Waals surface area contributed by atoms with E-state index in [1.54, 1.807) is 6.92 Å². The molecule has 1 heterocycles. The number of nitrogens with zero attached hydrogens (tertiary/aromatic N) is 1. The summed E-state index contributed by atoms with van der Waals surface area (Å²) in [5.41, 5.74) is 11.3. The highest BCUT2D eigenvalue weighted by molar-refractivity contribution is 4.74. The van der Waals surface area contributed by atoms with Crippen LogP contribution in [0.5, 0.6) is 0 Å². The van der Waals surface area contributed by atoms with Crippen LogP contribution in [0.1, 0.15) is 6.92 Å². The van der Waals surface area contributed by atoms with Crippen LogP contribution in [0.4, 0.5) is 0 Å². The number of nitrogens with two attached hydrogens (primary N) is 2. The first-order valence-electron chi connectivity index (χ1n) is 3.51. The maximum atomic E-state index is 5.66. The van der Waals surface area contributed by atoms with Crippen LogP contribution in [0.3, 0.4) is 0 Å². The Bertz CT molecular complexity index is 104. The lowest BCUT2D eigenvalue weighted by molar-refractivity contribution is -0.0122. The topological polar surface area (TPSA) is 64.5 Å². The summed E-state index contributed by atoms with van der Waals surface area (Å²) in [5, 5.41) is 0. The number of ether oxygens (including phenoxy) is 1. The molecule has 0 spiro atoms. The van der Waals surface area contributed by atoms with Gasteiger partial charge in [-0.3, -0.25) is 4.90 Å². The minimum atomic E-state index is -0.677. The molecular weight excluding hydrogens is 130 g/mol. The quantitative estimate of drug-likeness (QED) is 0.460. The van der Waals surface area contributed by atoms with E-state index in [0.717, 1.165) is 26.3 Å². The van der Waals surface area contributed by atoms with E-state index in [0.29, 0.717) is 0 Å². The van der Waals surface area contributed by atoms with Crippen molar-refractivity contribution in [2.24, 2.45) is 11.5 Å². The smallest absolute Gasteiger partial charge is 0.118 e. The highest BCUT2D eigenvalue weighted by atomic mass is 16.5. The maximum absolute atomic E-state index is 5.66. The molecule has 0 unspecified atom stereocenters. The van der Waals surface area contributed by atoms with Crippen molar-refractivity contribution < 1.29 is 4.74 Å². The molecule has 4 N–H and O–H groups in total. The first-order chi connectivity index (χ1) is 4.61. The second-order valence-corrected chi connectivity index (χ2v) is 2.83. The van der Waals surface area contributed by atoms with Crippen molar-refractivity contribution in [3.63, 3.8) is 0 Å². The number of hydrogen-bond acceptors (Lipinski definition) is 4. The van der Waals surface area contributed by atoms with Gasteiger partial charge in [0, 0.05) is 13.1 Å². The Morgan fingerprint density at radius 2 is 1.80 bits per heavy atom. The Morgan fingerprint density at radius 3 is 2.10 bits per heavy atom. The average Bonchev–Trinajstić information content (AvgIpc) is 1.88. The van der Waals surface area contributed by atoms with E-state index in [1.807, 2.05) is 4.90 Å². The van der Waals surface area contributed by atoms with Crippen molar-refractivity contribution >= 4 is 0 Å². The van der Waals surface area contributed by atoms with E-state index >= 15 is 0 Å². The Labute approximate surface area is 61.1 Å². The predicted octanol–water partition coefficient (Wildman–Crippen LogP) is -1.09. The van der Waals surface area contributed by atoms with Gasteiger partial charge in [0.05, 0.1) is 13.2 Å². The summed E-state index contributed by atoms with van der Waals surface area (Å²) in [5.74, 6) is -0.677. The molecule has 1 saturated heterocycles. The third-order valence-electron chi connectivity index (χ3n) is 1.69. The molecule has 1 rings (SSSR count). The first-order valence-corrected chi connectivity index (χ1v) is 3.51. The zero-order valence-electron chi connectivity index (χ0n) is 6.34. The fourth-order valence-corrected chi connectivity index (χ4v) is 1.05. The van der Waals surface area contributed by atoms with Crippen molar-refractivity contribution in [3.05, 3.63) is 0 Å². The van der Waals surface area contributed by atoms with Crippen LogP contribution in [-0.2, 0) is 4.74 Å². The first kappa shape index (κ1) is 7.94. The molecule has 60 valence electrons. The maximum Gasteiger partial charge on any atom is 0.118 e. The summed E-state index contributed by atoms with van der Waals surface area (Å²) in [6.07, 6.45) is 0. The molecule has 1 aliphatic rings. The third kappa shape index (κ3) is 1.91. The Balaban J connectivity index is 2.39. The van der Waals surface area contributed by atoms with Gasteiger partial charge in [-0.15, -0.1) is 0 Å². The molecule has 0 aromatic carbocycles. The van der Waals surface area contributed by atoms with Crippen LogP contribution in [0.2, 0.25) is 0 Å². The van der Waals surface area contributed by atoms with Crippen LogP contribution in [0.25, 0.3) is 0 Å². The average molecular weight is 145 g/mol. The van der Waals surface area contributed by atoms with Gasteiger partial charge in [-0.1, -0.05) is 0 Å². The zero-order chi connectivity index (χ0) is 7.61. The Morgan fingerprint density at radius 1 is 1.30 bits per heavy atom. The van der Waals surface area contributed by atoms with Crippen LogP contribution in [-0.4, -0.2) is 37.0 Å². The molecule has 0 aromatic rings. The molecule has 1 fully saturated rings. The van der Waals surface area contributed by atoms with Crippen molar-refractivity contribution in [2.75, 3.05) is 26.3 Å². The van der Waals surface area contributed by atoms with E-state index in [-0.39, 0.29) is 0 Å². The van der Waals surface area contributed by atoms with Gasteiger partial charge in [0.15, 0.2) is 0 Å². The number of hydrogen-bond donors (Lipinski definition) is 2. The molecule has 0 aliphatic carbocycles. The molecule has 0 radical (unpaired) electrons. The Hall–Kier alpha value is -0.160. The molecule has 1 aliphatic heterocycles. The van der Waals surface area contributed by atoms with Crippen molar-refractivity contribution in [1.82, 2.24) is 4.90 Å². The largest absolute Gasteiger partial charge is 0.379 e. The minimum absolute atomic E-state index is 0.677. The van der Waals surface area contributed by atoms with Gasteiger partial charge in [0.25, 0.3) is 0 Å². The lowest BCUT2D eigenvalue weighted by Gasteiger charge is -2.37. The summed E-state index contributed by atoms with van der Waals surface area (Å²) < 4.78 is 5.14. The molecule has 4 nitrogen and oxygen atoms in total. The van der Waals surface area contributed by atoms with E-state index in [9.17, 15) is 0 Å². The number of morpholine rings is 1. The van der Waals surface area contributed by atoms with Gasteiger partial charge in [-0.2, -0.15) is 0 Å². The van der Waals surface area contributed by atoms with Crippen LogP contribution in [0.15, 0.2) is 0 Å². The second kappa shape index (κ2) is 2.84. The van der Waals surface area contributed by atoms with E-state index in [1.165, 1.54) is 0 Å². The van der Waals surface area contributed by atoms with E-state index in [2.05, 4.69) is 0 Å². The zero-order valence-corrected chi connectivity index (χ0v) is 6.34. The van der Waals surface area contributed by atoms with Gasteiger partial charge in [-0.25, -0.2) is 0 Å². The van der Waals surface area contributed by atoms with Crippen molar-refractivity contribution in [3.8, 4) is 0 Å². The Kier molecular flexibility index (Phi) is 2.25. The molecule has 0 amide bonds. The SMILES string of the molecule is CC(N)(N)N1CCOCC1. The lowest BCUT2D eigenvalue weighted by atomic mass is 10.3. The fraction of sp³-hybridized carbons (Fsp3) is 1.00. The van der Waals surface area contributed by atoms with Gasteiger partial charge in [0.1, 0.15) is 5.79 Å². The monoisotopic (exact) mass is 145 g/mol. The van der Waals surface area contributed by atoms with Gasteiger partial charge < -0.3 is 16.2 Å². The van der Waals surface area contributed by atoms with E-state index < -0.39 is 5.79 Å². The molecule has 4 heteroatoms. The van der Waals surface area contributed by atoms with E-state index in [4.69, 9.17) is 16.2 Å². The van der Waals surface area contributed by atoms with Crippen LogP contribution < -0.4 is 11.5 Å². The fourth-order valence-electron chi connectivity index (χ4n) is 1.05. The highest BCUT2D eigenvalue weighted by Gasteiger charge is 2.23. The van der Waals surface area contributed by atoms with Gasteiger partial charge >= 0.3 is 0 Å². The summed E-state index contributed by atoms with van der Waals surface area (Å²) in [6, 6.07) is 0. The van der Waals surface area contributed by atoms with Gasteiger partial charge in [0.2, 0.25) is 0 Å². The summed E-state index contributed by atoms with van der Waals surface area (Å²) in [7, 11) is 0. The van der Waals surface area contributed by atoms with Crippen LogP contribution >= 0.6 is 0 Å². The van der Waals surface area contributed by atoms with Crippen molar-refractivity contribution in [1.29, 1.82) is 0 Å². The minimum Gasteiger partial charge on any atom is -0.379 e.